The van der Waals surface area contributed by atoms with E-state index in [1.54, 1.807) is 17.8 Å². The first-order valence-corrected chi connectivity index (χ1v) is 13.4. The van der Waals surface area contributed by atoms with Crippen LogP contribution < -0.4 is 14.9 Å². The van der Waals surface area contributed by atoms with Crippen LogP contribution in [0.3, 0.4) is 0 Å². The summed E-state index contributed by atoms with van der Waals surface area (Å²) in [6.45, 7) is 12.7. The van der Waals surface area contributed by atoms with Crippen LogP contribution in [0.5, 0.6) is 11.5 Å². The van der Waals surface area contributed by atoms with E-state index in [-0.39, 0.29) is 24.0 Å². The van der Waals surface area contributed by atoms with Crippen LogP contribution in [-0.2, 0) is 14.1 Å². The summed E-state index contributed by atoms with van der Waals surface area (Å²) in [6.07, 6.45) is 3.63. The normalized spacial score (nSPS) is 22.2. The molecule has 2 aromatic heterocycles. The van der Waals surface area contributed by atoms with E-state index < -0.39 is 18.3 Å². The first-order chi connectivity index (χ1) is 17.9. The zero-order chi connectivity index (χ0) is 27.4. The molecule has 1 aromatic carbocycles. The minimum absolute atomic E-state index is 0.0189. The van der Waals surface area contributed by atoms with Gasteiger partial charge < -0.3 is 23.7 Å². The van der Waals surface area contributed by atoms with Crippen LogP contribution in [0, 0.1) is 5.92 Å². The van der Waals surface area contributed by atoms with Gasteiger partial charge in [-0.2, -0.15) is 5.10 Å². The van der Waals surface area contributed by atoms with Gasteiger partial charge in [-0.05, 0) is 65.3 Å². The lowest BCUT2D eigenvalue weighted by Gasteiger charge is -2.32. The van der Waals surface area contributed by atoms with Gasteiger partial charge in [-0.3, -0.25) is 4.79 Å². The first-order valence-electron chi connectivity index (χ1n) is 13.0. The summed E-state index contributed by atoms with van der Waals surface area (Å²) in [5.41, 5.74) is 1.58. The highest BCUT2D eigenvalue weighted by molar-refractivity contribution is 6.62. The fourth-order valence-electron chi connectivity index (χ4n) is 5.07. The highest BCUT2D eigenvalue weighted by Crippen LogP contribution is 2.38. The number of amides is 1. The molecule has 2 fully saturated rings. The highest BCUT2D eigenvalue weighted by Gasteiger charge is 2.52. The summed E-state index contributed by atoms with van der Waals surface area (Å²) in [5.74, 6) is 1.51. The van der Waals surface area contributed by atoms with Gasteiger partial charge in [0.25, 0.3) is 0 Å². The third-order valence-electron chi connectivity index (χ3n) is 8.31. The van der Waals surface area contributed by atoms with Crippen molar-refractivity contribution in [3.8, 4) is 11.5 Å². The number of benzene rings is 1. The molecule has 0 saturated carbocycles. The number of carbonyl (C=O) groups excluding carboxylic acids is 1. The van der Waals surface area contributed by atoms with Crippen LogP contribution >= 0.6 is 11.6 Å². The molecule has 2 aliphatic rings. The first kappa shape index (κ1) is 26.8. The Morgan fingerprint density at radius 2 is 1.79 bits per heavy atom. The summed E-state index contributed by atoms with van der Waals surface area (Å²) < 4.78 is 26.0. The largest absolute Gasteiger partial charge is 0.497 e. The van der Waals surface area contributed by atoms with Gasteiger partial charge in [-0.1, -0.05) is 23.7 Å². The van der Waals surface area contributed by atoms with Crippen molar-refractivity contribution in [3.05, 3.63) is 53.3 Å². The smallest absolute Gasteiger partial charge is 0.496 e. The fourth-order valence-corrected chi connectivity index (χ4v) is 5.30. The molecule has 5 rings (SSSR count). The van der Waals surface area contributed by atoms with E-state index in [1.165, 1.54) is 0 Å². The molecule has 202 valence electrons. The number of fused-ring (bicyclic) bond motifs is 1. The molecule has 8 nitrogen and oxygen atoms in total. The highest BCUT2D eigenvalue weighted by atomic mass is 35.5. The number of carbonyl (C=O) groups is 1. The second kappa shape index (κ2) is 9.77. The van der Waals surface area contributed by atoms with Crippen molar-refractivity contribution in [1.29, 1.82) is 0 Å². The number of halogens is 1. The molecule has 2 saturated heterocycles. The summed E-state index contributed by atoms with van der Waals surface area (Å²) in [7, 11) is 1.07. The molecule has 3 aromatic rings. The predicted molar refractivity (Wildman–Crippen MR) is 147 cm³/mol. The van der Waals surface area contributed by atoms with Crippen LogP contribution in [0.15, 0.2) is 42.7 Å². The lowest BCUT2D eigenvalue weighted by atomic mass is 9.80. The topological polar surface area (TPSA) is 74.5 Å². The lowest BCUT2D eigenvalue weighted by Crippen LogP contribution is -2.41. The number of methoxy groups -OCH3 is 1. The second-order valence-electron chi connectivity index (χ2n) is 11.3. The predicted octanol–water partition coefficient (Wildman–Crippen LogP) is 4.67. The number of nitrogens with zero attached hydrogens (tertiary/aromatic N) is 3. The van der Waals surface area contributed by atoms with E-state index in [2.05, 4.69) is 12.0 Å². The summed E-state index contributed by atoms with van der Waals surface area (Å²) in [5, 5.41) is 4.89. The molecule has 38 heavy (non-hydrogen) atoms. The van der Waals surface area contributed by atoms with E-state index in [9.17, 15) is 4.79 Å². The number of rotatable bonds is 7. The molecule has 0 bridgehead atoms. The zero-order valence-electron chi connectivity index (χ0n) is 23.0. The van der Waals surface area contributed by atoms with E-state index >= 15 is 0 Å². The van der Waals surface area contributed by atoms with Crippen molar-refractivity contribution in [2.24, 2.45) is 5.92 Å². The molecule has 0 unspecified atom stereocenters. The number of pyridine rings is 1. The monoisotopic (exact) mass is 539 g/mol. The SMILES string of the molecule is COc1ccc([C@@H](C)N2C[C@H]([C@@H](C)Oc3cc(B4OC(C)(C)C(C)(C)O4)cn4ncc(Cl)c34)CC2=O)cc1. The summed E-state index contributed by atoms with van der Waals surface area (Å²) in [4.78, 5) is 15.0. The van der Waals surface area contributed by atoms with Gasteiger partial charge in [0.15, 0.2) is 0 Å². The Kier molecular flexibility index (Phi) is 6.91. The van der Waals surface area contributed by atoms with Gasteiger partial charge in [-0.25, -0.2) is 4.52 Å². The fraction of sp³-hybridized carbons (Fsp3) is 0.500. The van der Waals surface area contributed by atoms with Crippen LogP contribution in [0.4, 0.5) is 0 Å². The van der Waals surface area contributed by atoms with Crippen LogP contribution in [0.25, 0.3) is 5.52 Å². The number of likely N-dealkylation sites (tertiary alicyclic amines) is 1. The minimum atomic E-state index is -0.570. The molecular formula is C28H35BClN3O5. The molecular weight excluding hydrogens is 505 g/mol. The Morgan fingerprint density at radius 3 is 2.42 bits per heavy atom. The quantitative estimate of drug-likeness (QED) is 0.406. The van der Waals surface area contributed by atoms with Crippen LogP contribution in [0.2, 0.25) is 5.02 Å². The average Bonchev–Trinajstić information content (AvgIpc) is 3.51. The maximum atomic E-state index is 13.0. The molecule has 10 heteroatoms. The molecule has 2 aliphatic heterocycles. The molecule has 0 radical (unpaired) electrons. The van der Waals surface area contributed by atoms with Gasteiger partial charge in [0.05, 0.1) is 35.6 Å². The number of aromatic nitrogens is 2. The Hall–Kier alpha value is -2.75. The van der Waals surface area contributed by atoms with Crippen molar-refractivity contribution in [2.45, 2.75) is 71.3 Å². The molecule has 0 N–H and O–H groups in total. The second-order valence-corrected chi connectivity index (χ2v) is 11.7. The maximum absolute atomic E-state index is 13.0. The van der Waals surface area contributed by atoms with E-state index in [1.807, 2.05) is 76.0 Å². The van der Waals surface area contributed by atoms with Gasteiger partial charge in [-0.15, -0.1) is 0 Å². The molecule has 3 atom stereocenters. The average molecular weight is 540 g/mol. The third-order valence-corrected chi connectivity index (χ3v) is 8.59. The zero-order valence-corrected chi connectivity index (χ0v) is 23.8. The summed E-state index contributed by atoms with van der Waals surface area (Å²) in [6, 6.07) is 9.71. The van der Waals surface area contributed by atoms with Crippen molar-refractivity contribution in [2.75, 3.05) is 13.7 Å². The molecule has 0 aliphatic carbocycles. The number of ether oxygens (including phenoxy) is 2. The van der Waals surface area contributed by atoms with Gasteiger partial charge in [0.1, 0.15) is 23.1 Å². The molecule has 0 spiro atoms. The number of hydrogen-bond acceptors (Lipinski definition) is 6. The maximum Gasteiger partial charge on any atom is 0.496 e. The Morgan fingerprint density at radius 1 is 1.13 bits per heavy atom. The van der Waals surface area contributed by atoms with Gasteiger partial charge in [0, 0.05) is 30.5 Å². The van der Waals surface area contributed by atoms with Gasteiger partial charge >= 0.3 is 7.12 Å². The lowest BCUT2D eigenvalue weighted by molar-refractivity contribution is -0.129. The van der Waals surface area contributed by atoms with Crippen molar-refractivity contribution >= 4 is 35.6 Å². The number of hydrogen-bond donors (Lipinski definition) is 0. The summed E-state index contributed by atoms with van der Waals surface area (Å²) >= 11 is 6.50. The Labute approximate surface area is 229 Å². The molecule has 4 heterocycles. The van der Waals surface area contributed by atoms with Gasteiger partial charge in [0.2, 0.25) is 5.91 Å². The van der Waals surface area contributed by atoms with E-state index in [4.69, 9.17) is 30.4 Å². The van der Waals surface area contributed by atoms with Crippen LogP contribution in [-0.4, -0.2) is 58.5 Å². The minimum Gasteiger partial charge on any atom is -0.497 e. The molecule has 1 amide bonds. The third kappa shape index (κ3) is 4.76. The van der Waals surface area contributed by atoms with E-state index in [0.717, 1.165) is 16.8 Å². The standard InChI is InChI=1S/C28H35BClN3O5/c1-17(19-8-10-22(35-7)11-9-19)32-15-20(12-25(32)34)18(2)36-24-13-21(16-33-26(24)23(30)14-31-33)29-37-27(3,4)28(5,6)38-29/h8-11,13-14,16-18,20H,12,15H2,1-7H3/t17-,18-,20-/m1/s1. The Bertz CT molecular complexity index is 1330. The van der Waals surface area contributed by atoms with E-state index in [0.29, 0.717) is 29.3 Å². The van der Waals surface area contributed by atoms with Crippen molar-refractivity contribution in [3.63, 3.8) is 0 Å². The van der Waals surface area contributed by atoms with Crippen molar-refractivity contribution < 1.29 is 23.6 Å². The van der Waals surface area contributed by atoms with Crippen LogP contribution in [0.1, 0.15) is 59.6 Å². The van der Waals surface area contributed by atoms with Crippen molar-refractivity contribution in [1.82, 2.24) is 14.5 Å². The Balaban J connectivity index is 1.36.